The lowest BCUT2D eigenvalue weighted by Gasteiger charge is -2.09. The highest BCUT2D eigenvalue weighted by molar-refractivity contribution is 4.65. The summed E-state index contributed by atoms with van der Waals surface area (Å²) in [6, 6.07) is -0.250. The molecule has 0 unspecified atom stereocenters. The van der Waals surface area contributed by atoms with Crippen LogP contribution >= 0.6 is 0 Å². The van der Waals surface area contributed by atoms with Gasteiger partial charge in [0.1, 0.15) is 6.17 Å². The van der Waals surface area contributed by atoms with Gasteiger partial charge in [-0.05, 0) is 13.3 Å². The Bertz CT molecular complexity index is 54.5. The van der Waals surface area contributed by atoms with Crippen LogP contribution in [0.4, 0.5) is 4.39 Å². The Kier molecular flexibility index (Phi) is 3.79. The van der Waals surface area contributed by atoms with E-state index >= 15 is 0 Å². The summed E-state index contributed by atoms with van der Waals surface area (Å²) in [5.41, 5.74) is 5.35. The van der Waals surface area contributed by atoms with Crippen molar-refractivity contribution in [3.8, 4) is 0 Å². The normalized spacial score (nSPS) is 18.0. The fraction of sp³-hybridized carbons (Fsp3) is 1.00. The topological polar surface area (TPSA) is 26.0 Å². The maximum Gasteiger partial charge on any atom is 0.112 e. The third kappa shape index (κ3) is 2.97. The minimum Gasteiger partial charge on any atom is -0.325 e. The Balaban J connectivity index is 3.17. The van der Waals surface area contributed by atoms with E-state index in [4.69, 9.17) is 5.73 Å². The van der Waals surface area contributed by atoms with E-state index in [0.717, 1.165) is 12.8 Å². The minimum absolute atomic E-state index is 0.250. The maximum absolute atomic E-state index is 12.2. The quantitative estimate of drug-likeness (QED) is 0.598. The van der Waals surface area contributed by atoms with Crippen molar-refractivity contribution < 1.29 is 4.39 Å². The summed E-state index contributed by atoms with van der Waals surface area (Å²) in [5, 5.41) is 0. The highest BCUT2D eigenvalue weighted by Gasteiger charge is 2.07. The monoisotopic (exact) mass is 119 g/mol. The van der Waals surface area contributed by atoms with Gasteiger partial charge >= 0.3 is 0 Å². The van der Waals surface area contributed by atoms with E-state index in [1.54, 1.807) is 0 Å². The first kappa shape index (κ1) is 7.89. The molecule has 1 nitrogen and oxygen atoms in total. The van der Waals surface area contributed by atoms with Crippen LogP contribution in [0.2, 0.25) is 0 Å². The predicted molar refractivity (Wildman–Crippen MR) is 33.5 cm³/mol. The summed E-state index contributed by atoms with van der Waals surface area (Å²) in [6.07, 6.45) is 0.905. The molecule has 8 heavy (non-hydrogen) atoms. The fourth-order valence-corrected chi connectivity index (χ4v) is 0.563. The number of rotatable bonds is 3. The van der Waals surface area contributed by atoms with Crippen LogP contribution in [-0.2, 0) is 0 Å². The van der Waals surface area contributed by atoms with Gasteiger partial charge in [-0.2, -0.15) is 0 Å². The van der Waals surface area contributed by atoms with Crippen LogP contribution in [0.15, 0.2) is 0 Å². The van der Waals surface area contributed by atoms with Crippen LogP contribution in [0.25, 0.3) is 0 Å². The number of alkyl halides is 1. The molecule has 0 saturated carbocycles. The number of halogens is 1. The average molecular weight is 119 g/mol. The summed E-state index contributed by atoms with van der Waals surface area (Å²) >= 11 is 0. The molecule has 0 aliphatic rings. The maximum atomic E-state index is 12.2. The Labute approximate surface area is 50.1 Å². The van der Waals surface area contributed by atoms with E-state index in [1.807, 2.05) is 6.92 Å². The molecular formula is C6H14FN. The average Bonchev–Trinajstić information content (AvgIpc) is 1.67. The third-order valence-corrected chi connectivity index (χ3v) is 1.21. The molecule has 0 aromatic carbocycles. The second-order valence-electron chi connectivity index (χ2n) is 2.13. The SMILES string of the molecule is CCC[C@H](N)[C@@H](C)F. The molecule has 0 aromatic rings. The second kappa shape index (κ2) is 3.84. The number of hydrogen-bond acceptors (Lipinski definition) is 1. The Hall–Kier alpha value is -0.110. The van der Waals surface area contributed by atoms with Crippen molar-refractivity contribution in [1.29, 1.82) is 0 Å². The molecular weight excluding hydrogens is 105 g/mol. The van der Waals surface area contributed by atoms with E-state index in [2.05, 4.69) is 0 Å². The highest BCUT2D eigenvalue weighted by atomic mass is 19.1. The molecule has 0 spiro atoms. The van der Waals surface area contributed by atoms with Gasteiger partial charge in [-0.3, -0.25) is 0 Å². The third-order valence-electron chi connectivity index (χ3n) is 1.21. The van der Waals surface area contributed by atoms with E-state index in [0.29, 0.717) is 0 Å². The lowest BCUT2D eigenvalue weighted by Crippen LogP contribution is -2.28. The molecule has 0 aromatic heterocycles. The van der Waals surface area contributed by atoms with Gasteiger partial charge in [0.15, 0.2) is 0 Å². The van der Waals surface area contributed by atoms with Crippen molar-refractivity contribution in [2.45, 2.75) is 38.9 Å². The van der Waals surface area contributed by atoms with Crippen LogP contribution in [-0.4, -0.2) is 12.2 Å². The molecule has 0 heterocycles. The Morgan fingerprint density at radius 3 is 2.25 bits per heavy atom. The zero-order valence-corrected chi connectivity index (χ0v) is 5.52. The highest BCUT2D eigenvalue weighted by Crippen LogP contribution is 2.01. The van der Waals surface area contributed by atoms with Crippen molar-refractivity contribution in [3.05, 3.63) is 0 Å². The van der Waals surface area contributed by atoms with Crippen molar-refractivity contribution in [3.63, 3.8) is 0 Å². The summed E-state index contributed by atoms with van der Waals surface area (Å²) < 4.78 is 12.2. The van der Waals surface area contributed by atoms with Gasteiger partial charge in [-0.25, -0.2) is 4.39 Å². The van der Waals surface area contributed by atoms with E-state index in [1.165, 1.54) is 6.92 Å². The molecule has 2 atom stereocenters. The lowest BCUT2D eigenvalue weighted by atomic mass is 10.1. The summed E-state index contributed by atoms with van der Waals surface area (Å²) in [7, 11) is 0. The molecule has 50 valence electrons. The van der Waals surface area contributed by atoms with Gasteiger partial charge < -0.3 is 5.73 Å². The van der Waals surface area contributed by atoms with E-state index < -0.39 is 6.17 Å². The van der Waals surface area contributed by atoms with Crippen molar-refractivity contribution in [2.75, 3.05) is 0 Å². The van der Waals surface area contributed by atoms with Crippen molar-refractivity contribution in [2.24, 2.45) is 5.73 Å². The standard InChI is InChI=1S/C6H14FN/c1-3-4-6(8)5(2)7/h5-6H,3-4,8H2,1-2H3/t5-,6+/m1/s1. The largest absolute Gasteiger partial charge is 0.325 e. The molecule has 0 radical (unpaired) electrons. The zero-order chi connectivity index (χ0) is 6.57. The van der Waals surface area contributed by atoms with Crippen LogP contribution in [0.1, 0.15) is 26.7 Å². The van der Waals surface area contributed by atoms with Crippen LogP contribution in [0.5, 0.6) is 0 Å². The van der Waals surface area contributed by atoms with E-state index in [-0.39, 0.29) is 6.04 Å². The first-order valence-corrected chi connectivity index (χ1v) is 3.08. The molecule has 0 aliphatic heterocycles. The Morgan fingerprint density at radius 1 is 1.62 bits per heavy atom. The first-order chi connectivity index (χ1) is 3.68. The smallest absolute Gasteiger partial charge is 0.112 e. The van der Waals surface area contributed by atoms with Gasteiger partial charge in [0, 0.05) is 6.04 Å². The summed E-state index contributed by atoms with van der Waals surface area (Å²) in [6.45, 7) is 3.50. The predicted octanol–water partition coefficient (Wildman–Crippen LogP) is 1.47. The van der Waals surface area contributed by atoms with Crippen molar-refractivity contribution >= 4 is 0 Å². The molecule has 0 aliphatic carbocycles. The first-order valence-electron chi connectivity index (χ1n) is 3.08. The summed E-state index contributed by atoms with van der Waals surface area (Å²) in [4.78, 5) is 0. The molecule has 0 rings (SSSR count). The molecule has 0 fully saturated rings. The van der Waals surface area contributed by atoms with Gasteiger partial charge in [0.25, 0.3) is 0 Å². The van der Waals surface area contributed by atoms with Crippen LogP contribution in [0.3, 0.4) is 0 Å². The fourth-order valence-electron chi connectivity index (χ4n) is 0.563. The molecule has 0 saturated heterocycles. The van der Waals surface area contributed by atoms with Crippen LogP contribution < -0.4 is 5.73 Å². The van der Waals surface area contributed by atoms with Crippen molar-refractivity contribution in [1.82, 2.24) is 0 Å². The Morgan fingerprint density at radius 2 is 2.12 bits per heavy atom. The number of hydrogen-bond donors (Lipinski definition) is 1. The number of nitrogens with two attached hydrogens (primary N) is 1. The minimum atomic E-state index is -0.852. The molecule has 2 N–H and O–H groups in total. The van der Waals surface area contributed by atoms with Gasteiger partial charge in [0.2, 0.25) is 0 Å². The molecule has 0 amide bonds. The lowest BCUT2D eigenvalue weighted by molar-refractivity contribution is 0.294. The molecule has 2 heteroatoms. The van der Waals surface area contributed by atoms with Gasteiger partial charge in [-0.1, -0.05) is 13.3 Å². The summed E-state index contributed by atoms with van der Waals surface area (Å²) in [5.74, 6) is 0. The van der Waals surface area contributed by atoms with Crippen LogP contribution in [0, 0.1) is 0 Å². The van der Waals surface area contributed by atoms with Gasteiger partial charge in [-0.15, -0.1) is 0 Å². The zero-order valence-electron chi connectivity index (χ0n) is 5.52. The second-order valence-corrected chi connectivity index (χ2v) is 2.13. The molecule has 0 bridgehead atoms. The van der Waals surface area contributed by atoms with Gasteiger partial charge in [0.05, 0.1) is 0 Å². The van der Waals surface area contributed by atoms with E-state index in [9.17, 15) is 4.39 Å².